The Morgan fingerprint density at radius 1 is 1.08 bits per heavy atom. The second-order valence-electron chi connectivity index (χ2n) is 5.67. The Bertz CT molecular complexity index is 974. The van der Waals surface area contributed by atoms with Gasteiger partial charge in [-0.3, -0.25) is 0 Å². The van der Waals surface area contributed by atoms with Gasteiger partial charge >= 0.3 is 0 Å². The van der Waals surface area contributed by atoms with Crippen molar-refractivity contribution in [1.82, 2.24) is 24.5 Å². The summed E-state index contributed by atoms with van der Waals surface area (Å²) in [5.74, 6) is 0.351. The summed E-state index contributed by atoms with van der Waals surface area (Å²) in [7, 11) is -3.71. The zero-order valence-electron chi connectivity index (χ0n) is 13.1. The van der Waals surface area contributed by atoms with Gasteiger partial charge in [-0.05, 0) is 25.5 Å². The van der Waals surface area contributed by atoms with Crippen LogP contribution in [-0.4, -0.2) is 39.5 Å². The molecule has 0 fully saturated rings. The molecule has 0 bridgehead atoms. The molecule has 9 heteroatoms. The molecule has 3 aromatic rings. The van der Waals surface area contributed by atoms with Gasteiger partial charge in [0.05, 0.1) is 18.1 Å². The number of nitrogens with zero attached hydrogens (tertiary/aromatic N) is 6. The summed E-state index contributed by atoms with van der Waals surface area (Å²) in [6.07, 6.45) is 4.96. The van der Waals surface area contributed by atoms with Crippen LogP contribution in [0.3, 0.4) is 0 Å². The van der Waals surface area contributed by atoms with Crippen LogP contribution < -0.4 is 4.31 Å². The number of hydrogen-bond donors (Lipinski definition) is 0. The minimum atomic E-state index is -3.71. The molecular weight excluding hydrogens is 328 g/mol. The van der Waals surface area contributed by atoms with E-state index in [0.717, 1.165) is 11.3 Å². The normalized spacial score (nSPS) is 14.6. The lowest BCUT2D eigenvalue weighted by molar-refractivity contribution is 0.529. The average Bonchev–Trinajstić information content (AvgIpc) is 3.24. The zero-order chi connectivity index (χ0) is 16.7. The Labute approximate surface area is 139 Å². The zero-order valence-corrected chi connectivity index (χ0v) is 13.9. The molecule has 8 nitrogen and oxygen atoms in total. The van der Waals surface area contributed by atoms with Gasteiger partial charge in [-0.25, -0.2) is 22.1 Å². The van der Waals surface area contributed by atoms with E-state index in [1.165, 1.54) is 23.0 Å². The average molecular weight is 344 g/mol. The number of aryl methyl sites for hydroxylation is 2. The fourth-order valence-electron chi connectivity index (χ4n) is 2.71. The Hall–Kier alpha value is -2.68. The minimum Gasteiger partial charge on any atom is -0.240 e. The molecule has 0 saturated heterocycles. The molecule has 24 heavy (non-hydrogen) atoms. The number of rotatable bonds is 3. The van der Waals surface area contributed by atoms with Crippen molar-refractivity contribution in [3.63, 3.8) is 0 Å². The molecule has 4 rings (SSSR count). The highest BCUT2D eigenvalue weighted by molar-refractivity contribution is 7.92. The van der Waals surface area contributed by atoms with E-state index in [1.54, 1.807) is 9.36 Å². The minimum absolute atomic E-state index is 0.138. The molecule has 0 unspecified atom stereocenters. The van der Waals surface area contributed by atoms with E-state index in [4.69, 9.17) is 0 Å². The van der Waals surface area contributed by atoms with Crippen LogP contribution in [0.25, 0.3) is 5.69 Å². The van der Waals surface area contributed by atoms with E-state index in [0.29, 0.717) is 25.5 Å². The first-order chi connectivity index (χ1) is 11.6. The van der Waals surface area contributed by atoms with E-state index in [1.807, 2.05) is 31.2 Å². The number of sulfonamides is 1. The summed E-state index contributed by atoms with van der Waals surface area (Å²) in [5, 5.41) is 8.24. The van der Waals surface area contributed by atoms with Crippen molar-refractivity contribution in [2.24, 2.45) is 0 Å². The van der Waals surface area contributed by atoms with Crippen LogP contribution in [0.2, 0.25) is 0 Å². The van der Waals surface area contributed by atoms with Crippen molar-refractivity contribution < 1.29 is 8.42 Å². The molecule has 0 amide bonds. The SMILES string of the molecule is Cc1ccc(-n2cc(S(=O)(=O)N3CCCn4ncnc43)cn2)cc1. The van der Waals surface area contributed by atoms with Gasteiger partial charge in [-0.2, -0.15) is 15.2 Å². The van der Waals surface area contributed by atoms with Crippen LogP contribution in [0.5, 0.6) is 0 Å². The van der Waals surface area contributed by atoms with Crippen LogP contribution in [0, 0.1) is 6.92 Å². The maximum atomic E-state index is 12.9. The molecule has 0 aliphatic carbocycles. The molecule has 0 atom stereocenters. The number of fused-ring (bicyclic) bond motifs is 1. The highest BCUT2D eigenvalue weighted by atomic mass is 32.2. The molecule has 0 N–H and O–H groups in total. The highest BCUT2D eigenvalue weighted by Gasteiger charge is 2.32. The number of hydrogen-bond acceptors (Lipinski definition) is 5. The third-order valence-corrected chi connectivity index (χ3v) is 5.73. The fourth-order valence-corrected chi connectivity index (χ4v) is 4.10. The first-order valence-electron chi connectivity index (χ1n) is 7.58. The lowest BCUT2D eigenvalue weighted by Crippen LogP contribution is -2.37. The predicted octanol–water partition coefficient (Wildman–Crippen LogP) is 1.37. The van der Waals surface area contributed by atoms with Gasteiger partial charge in [0.1, 0.15) is 11.2 Å². The first-order valence-corrected chi connectivity index (χ1v) is 9.02. The first kappa shape index (κ1) is 14.9. The molecule has 1 aromatic carbocycles. The predicted molar refractivity (Wildman–Crippen MR) is 87.5 cm³/mol. The monoisotopic (exact) mass is 344 g/mol. The van der Waals surface area contributed by atoms with Crippen LogP contribution in [0.1, 0.15) is 12.0 Å². The topological polar surface area (TPSA) is 85.9 Å². The summed E-state index contributed by atoms with van der Waals surface area (Å²) >= 11 is 0. The van der Waals surface area contributed by atoms with Crippen LogP contribution in [0.15, 0.2) is 47.9 Å². The molecule has 0 spiro atoms. The smallest absolute Gasteiger partial charge is 0.240 e. The molecule has 0 radical (unpaired) electrons. The second-order valence-corrected chi connectivity index (χ2v) is 7.53. The molecule has 3 heterocycles. The number of aromatic nitrogens is 5. The van der Waals surface area contributed by atoms with Crippen LogP contribution in [0.4, 0.5) is 5.95 Å². The molecule has 2 aromatic heterocycles. The van der Waals surface area contributed by atoms with Gasteiger partial charge in [0, 0.05) is 13.1 Å². The molecule has 0 saturated carbocycles. The molecular formula is C15H16N6O2S. The van der Waals surface area contributed by atoms with E-state index in [-0.39, 0.29) is 4.90 Å². The van der Waals surface area contributed by atoms with Crippen molar-refractivity contribution in [3.8, 4) is 5.69 Å². The van der Waals surface area contributed by atoms with Gasteiger partial charge in [-0.15, -0.1) is 0 Å². The van der Waals surface area contributed by atoms with E-state index in [2.05, 4.69) is 15.2 Å². The Morgan fingerprint density at radius 3 is 2.67 bits per heavy atom. The molecule has 124 valence electrons. The summed E-state index contributed by atoms with van der Waals surface area (Å²) in [5.41, 5.74) is 1.94. The number of anilines is 1. The molecule has 1 aliphatic heterocycles. The maximum absolute atomic E-state index is 12.9. The highest BCUT2D eigenvalue weighted by Crippen LogP contribution is 2.25. The Balaban J connectivity index is 1.71. The Kier molecular flexibility index (Phi) is 3.38. The second kappa shape index (κ2) is 5.45. The van der Waals surface area contributed by atoms with Crippen molar-refractivity contribution in [2.75, 3.05) is 10.8 Å². The number of benzene rings is 1. The van der Waals surface area contributed by atoms with Gasteiger partial charge in [0.25, 0.3) is 10.0 Å². The van der Waals surface area contributed by atoms with Gasteiger partial charge < -0.3 is 0 Å². The van der Waals surface area contributed by atoms with Gasteiger partial charge in [0.15, 0.2) is 0 Å². The van der Waals surface area contributed by atoms with Crippen molar-refractivity contribution in [1.29, 1.82) is 0 Å². The summed E-state index contributed by atoms with van der Waals surface area (Å²) in [6.45, 7) is 3.05. The summed E-state index contributed by atoms with van der Waals surface area (Å²) in [6, 6.07) is 7.71. The third kappa shape index (κ3) is 2.37. The fraction of sp³-hybridized carbons (Fsp3) is 0.267. The van der Waals surface area contributed by atoms with Crippen molar-refractivity contribution in [3.05, 3.63) is 48.5 Å². The largest absolute Gasteiger partial charge is 0.269 e. The summed E-state index contributed by atoms with van der Waals surface area (Å²) in [4.78, 5) is 4.21. The third-order valence-electron chi connectivity index (χ3n) is 3.99. The maximum Gasteiger partial charge on any atom is 0.269 e. The van der Waals surface area contributed by atoms with Crippen molar-refractivity contribution >= 4 is 16.0 Å². The van der Waals surface area contributed by atoms with Crippen LogP contribution >= 0.6 is 0 Å². The quantitative estimate of drug-likeness (QED) is 0.716. The van der Waals surface area contributed by atoms with Gasteiger partial charge in [0.2, 0.25) is 5.95 Å². The molecule has 1 aliphatic rings. The van der Waals surface area contributed by atoms with E-state index < -0.39 is 10.0 Å². The Morgan fingerprint density at radius 2 is 1.88 bits per heavy atom. The van der Waals surface area contributed by atoms with E-state index in [9.17, 15) is 8.42 Å². The van der Waals surface area contributed by atoms with Gasteiger partial charge in [-0.1, -0.05) is 17.7 Å². The standard InChI is InChI=1S/C15H16N6O2S/c1-12-3-5-13(6-4-12)20-10-14(9-17-20)24(22,23)21-8-2-7-19-15(21)16-11-18-19/h3-6,9-11H,2,7-8H2,1H3. The van der Waals surface area contributed by atoms with E-state index >= 15 is 0 Å². The van der Waals surface area contributed by atoms with Crippen molar-refractivity contribution in [2.45, 2.75) is 24.8 Å². The lowest BCUT2D eigenvalue weighted by Gasteiger charge is -2.26. The van der Waals surface area contributed by atoms with Crippen LogP contribution in [-0.2, 0) is 16.6 Å². The lowest BCUT2D eigenvalue weighted by atomic mass is 10.2. The summed E-state index contributed by atoms with van der Waals surface area (Å²) < 4.78 is 30.3.